The molecule has 0 saturated heterocycles. The van der Waals surface area contributed by atoms with Crippen LogP contribution in [0.2, 0.25) is 0 Å². The van der Waals surface area contributed by atoms with Crippen LogP contribution in [0, 0.1) is 24.2 Å². The lowest BCUT2D eigenvalue weighted by Crippen LogP contribution is -1.76. The molecule has 0 heterocycles. The molecule has 0 heteroatoms. The first-order chi connectivity index (χ1) is 3.88. The second-order valence-corrected chi connectivity index (χ2v) is 2.56. The van der Waals surface area contributed by atoms with Crippen molar-refractivity contribution in [2.75, 3.05) is 0 Å². The van der Waals surface area contributed by atoms with E-state index in [-0.39, 0.29) is 0 Å². The van der Waals surface area contributed by atoms with Crippen molar-refractivity contribution in [2.24, 2.45) is 11.8 Å². The Labute approximate surface area is 51.3 Å². The maximum Gasteiger partial charge on any atom is 0.0232 e. The van der Waals surface area contributed by atoms with Gasteiger partial charge in [0.25, 0.3) is 0 Å². The van der Waals surface area contributed by atoms with E-state index in [1.165, 1.54) is 19.3 Å². The van der Waals surface area contributed by atoms with Gasteiger partial charge in [-0.15, -0.1) is 12.3 Å². The van der Waals surface area contributed by atoms with Crippen molar-refractivity contribution in [2.45, 2.75) is 26.2 Å². The Morgan fingerprint density at radius 3 is 2.88 bits per heavy atom. The quantitative estimate of drug-likeness (QED) is 0.475. The molecule has 1 saturated carbocycles. The molecule has 0 bridgehead atoms. The zero-order valence-corrected chi connectivity index (χ0v) is 5.35. The van der Waals surface area contributed by atoms with E-state index in [0.29, 0.717) is 5.92 Å². The van der Waals surface area contributed by atoms with Crippen LogP contribution in [-0.2, 0) is 0 Å². The number of rotatable bonds is 2. The third kappa shape index (κ3) is 1.04. The van der Waals surface area contributed by atoms with Crippen molar-refractivity contribution < 1.29 is 0 Å². The van der Waals surface area contributed by atoms with Gasteiger partial charge in [0, 0.05) is 5.92 Å². The molecule has 44 valence electrons. The summed E-state index contributed by atoms with van der Waals surface area (Å²) in [6.07, 6.45) is 9.14. The van der Waals surface area contributed by atoms with Gasteiger partial charge in [0.15, 0.2) is 0 Å². The molecule has 0 nitrogen and oxygen atoms in total. The van der Waals surface area contributed by atoms with Crippen molar-refractivity contribution in [1.82, 2.24) is 0 Å². The predicted octanol–water partition coefficient (Wildman–Crippen LogP) is 2.06. The Kier molecular flexibility index (Phi) is 1.58. The highest BCUT2D eigenvalue weighted by atomic mass is 14.4. The van der Waals surface area contributed by atoms with Gasteiger partial charge < -0.3 is 0 Å². The average Bonchev–Trinajstić information content (AvgIpc) is 2.48. The van der Waals surface area contributed by atoms with E-state index < -0.39 is 0 Å². The van der Waals surface area contributed by atoms with E-state index in [2.05, 4.69) is 12.8 Å². The molecular weight excluding hydrogens is 96.1 g/mol. The van der Waals surface area contributed by atoms with Gasteiger partial charge in [-0.3, -0.25) is 0 Å². The summed E-state index contributed by atoms with van der Waals surface area (Å²) in [5.74, 6) is 4.32. The molecule has 0 aliphatic heterocycles. The molecule has 0 amide bonds. The van der Waals surface area contributed by atoms with E-state index in [9.17, 15) is 0 Å². The second kappa shape index (κ2) is 2.22. The van der Waals surface area contributed by atoms with Crippen LogP contribution in [0.25, 0.3) is 0 Å². The fourth-order valence-corrected chi connectivity index (χ4v) is 1.14. The first-order valence-electron chi connectivity index (χ1n) is 3.34. The summed E-state index contributed by atoms with van der Waals surface area (Å²) in [6.45, 7) is 2.21. The van der Waals surface area contributed by atoms with E-state index in [0.717, 1.165) is 5.92 Å². The van der Waals surface area contributed by atoms with Crippen molar-refractivity contribution >= 4 is 0 Å². The predicted molar refractivity (Wildman–Crippen MR) is 35.3 cm³/mol. The molecule has 2 unspecified atom stereocenters. The number of hydrogen-bond acceptors (Lipinski definition) is 0. The number of hydrogen-bond donors (Lipinski definition) is 0. The summed E-state index contributed by atoms with van der Waals surface area (Å²) >= 11 is 0. The standard InChI is InChI=1S/C8H12/c1-3-5-8-6-7(8)4-2/h2,7-8H,3,5-6H2,1H3. The molecule has 1 aliphatic rings. The highest BCUT2D eigenvalue weighted by Crippen LogP contribution is 2.40. The van der Waals surface area contributed by atoms with Crippen molar-refractivity contribution in [1.29, 1.82) is 0 Å². The minimum Gasteiger partial charge on any atom is -0.120 e. The maximum atomic E-state index is 5.20. The monoisotopic (exact) mass is 108 g/mol. The molecule has 8 heavy (non-hydrogen) atoms. The van der Waals surface area contributed by atoms with Crippen LogP contribution in [-0.4, -0.2) is 0 Å². The Balaban J connectivity index is 2.10. The first kappa shape index (κ1) is 5.69. The molecule has 0 aromatic rings. The fourth-order valence-electron chi connectivity index (χ4n) is 1.14. The van der Waals surface area contributed by atoms with Crippen LogP contribution in [0.1, 0.15) is 26.2 Å². The van der Waals surface area contributed by atoms with Gasteiger partial charge in [-0.25, -0.2) is 0 Å². The van der Waals surface area contributed by atoms with Gasteiger partial charge in [-0.05, 0) is 18.8 Å². The van der Waals surface area contributed by atoms with Gasteiger partial charge in [0.05, 0.1) is 0 Å². The van der Waals surface area contributed by atoms with E-state index in [4.69, 9.17) is 6.42 Å². The molecule has 0 aromatic carbocycles. The highest BCUT2D eigenvalue weighted by Gasteiger charge is 2.33. The molecular formula is C8H12. The highest BCUT2D eigenvalue weighted by molar-refractivity contribution is 5.06. The molecule has 1 aliphatic carbocycles. The maximum absolute atomic E-state index is 5.20. The summed E-state index contributed by atoms with van der Waals surface area (Å²) in [5, 5.41) is 0. The Morgan fingerprint density at radius 1 is 1.75 bits per heavy atom. The SMILES string of the molecule is C#CC1CC1CCC. The normalized spacial score (nSPS) is 34.0. The molecule has 1 rings (SSSR count). The van der Waals surface area contributed by atoms with Gasteiger partial charge in [-0.2, -0.15) is 0 Å². The molecule has 0 spiro atoms. The van der Waals surface area contributed by atoms with Crippen LogP contribution in [0.3, 0.4) is 0 Å². The lowest BCUT2D eigenvalue weighted by atomic mass is 10.2. The van der Waals surface area contributed by atoms with Crippen LogP contribution in [0.15, 0.2) is 0 Å². The minimum absolute atomic E-state index is 0.648. The topological polar surface area (TPSA) is 0 Å². The van der Waals surface area contributed by atoms with Crippen molar-refractivity contribution in [3.63, 3.8) is 0 Å². The molecule has 2 atom stereocenters. The third-order valence-electron chi connectivity index (χ3n) is 1.80. The van der Waals surface area contributed by atoms with Crippen LogP contribution in [0.5, 0.6) is 0 Å². The third-order valence-corrected chi connectivity index (χ3v) is 1.80. The molecule has 0 radical (unpaired) electrons. The Bertz CT molecular complexity index is 108. The summed E-state index contributed by atoms with van der Waals surface area (Å²) in [5.41, 5.74) is 0. The van der Waals surface area contributed by atoms with Crippen LogP contribution >= 0.6 is 0 Å². The lowest BCUT2D eigenvalue weighted by Gasteiger charge is -1.86. The van der Waals surface area contributed by atoms with Crippen molar-refractivity contribution in [3.05, 3.63) is 0 Å². The van der Waals surface area contributed by atoms with E-state index >= 15 is 0 Å². The van der Waals surface area contributed by atoms with Crippen molar-refractivity contribution in [3.8, 4) is 12.3 Å². The van der Waals surface area contributed by atoms with Gasteiger partial charge >= 0.3 is 0 Å². The zero-order chi connectivity index (χ0) is 5.98. The number of terminal acetylenes is 1. The summed E-state index contributed by atoms with van der Waals surface area (Å²) in [7, 11) is 0. The summed E-state index contributed by atoms with van der Waals surface area (Å²) in [4.78, 5) is 0. The van der Waals surface area contributed by atoms with Crippen LogP contribution in [0.4, 0.5) is 0 Å². The molecule has 0 N–H and O–H groups in total. The average molecular weight is 108 g/mol. The molecule has 1 fully saturated rings. The largest absolute Gasteiger partial charge is 0.120 e. The smallest absolute Gasteiger partial charge is 0.0232 e. The fraction of sp³-hybridized carbons (Fsp3) is 0.750. The van der Waals surface area contributed by atoms with Crippen LogP contribution < -0.4 is 0 Å². The minimum atomic E-state index is 0.648. The Hall–Kier alpha value is -0.440. The summed E-state index contributed by atoms with van der Waals surface area (Å²) < 4.78 is 0. The molecule has 0 aromatic heterocycles. The zero-order valence-electron chi connectivity index (χ0n) is 5.35. The summed E-state index contributed by atoms with van der Waals surface area (Å²) in [6, 6.07) is 0. The second-order valence-electron chi connectivity index (χ2n) is 2.56. The van der Waals surface area contributed by atoms with Gasteiger partial charge in [-0.1, -0.05) is 13.3 Å². The first-order valence-corrected chi connectivity index (χ1v) is 3.34. The Morgan fingerprint density at radius 2 is 2.50 bits per heavy atom. The van der Waals surface area contributed by atoms with Gasteiger partial charge in [0.1, 0.15) is 0 Å². The van der Waals surface area contributed by atoms with Gasteiger partial charge in [0.2, 0.25) is 0 Å². The van der Waals surface area contributed by atoms with E-state index in [1.807, 2.05) is 0 Å². The van der Waals surface area contributed by atoms with E-state index in [1.54, 1.807) is 0 Å². The lowest BCUT2D eigenvalue weighted by molar-refractivity contribution is 0.684.